The molecule has 0 aromatic rings. The van der Waals surface area contributed by atoms with Crippen LogP contribution in [0.3, 0.4) is 0 Å². The molecule has 5 heteroatoms. The van der Waals surface area contributed by atoms with Crippen LogP contribution in [0.5, 0.6) is 0 Å². The van der Waals surface area contributed by atoms with E-state index in [0.717, 1.165) is 0 Å². The fraction of sp³-hybridized carbons (Fsp3) is 0.714. The Morgan fingerprint density at radius 2 is 1.92 bits per heavy atom. The van der Waals surface area contributed by atoms with Crippen molar-refractivity contribution in [3.63, 3.8) is 0 Å². The molecular formula is C7H13NO3Si-. The van der Waals surface area contributed by atoms with Crippen LogP contribution in [0.4, 0.5) is 0 Å². The molecule has 0 aromatic carbocycles. The Morgan fingerprint density at radius 1 is 1.42 bits per heavy atom. The molecule has 0 aliphatic carbocycles. The molecule has 4 nitrogen and oxygen atoms in total. The lowest BCUT2D eigenvalue weighted by molar-refractivity contribution is -0.305. The Hall–Kier alpha value is -0.843. The minimum absolute atomic E-state index is 0.203. The van der Waals surface area contributed by atoms with Crippen molar-refractivity contribution in [2.24, 2.45) is 0 Å². The van der Waals surface area contributed by atoms with Gasteiger partial charge in [-0.05, 0) is 0 Å². The highest BCUT2D eigenvalue weighted by Gasteiger charge is 2.10. The zero-order chi connectivity index (χ0) is 9.72. The maximum atomic E-state index is 10.9. The van der Waals surface area contributed by atoms with Crippen LogP contribution in [0.2, 0.25) is 13.1 Å². The molecule has 0 aromatic heterocycles. The van der Waals surface area contributed by atoms with Crippen LogP contribution in [0, 0.1) is 0 Å². The number of carboxylic acids is 1. The standard InChI is InChI=1S/C7H14NO3Si/c1-6(9)8(4-7(10)11)5-12(2)3/h4-5H2,1-3H3,(H,10,11)/p-1. The van der Waals surface area contributed by atoms with Gasteiger partial charge in [-0.2, -0.15) is 0 Å². The molecule has 0 saturated heterocycles. The molecule has 1 radical (unpaired) electrons. The molecule has 0 unspecified atom stereocenters. The molecule has 0 aliphatic rings. The number of carboxylic acid groups (broad SMARTS) is 1. The first-order valence-electron chi connectivity index (χ1n) is 3.68. The summed E-state index contributed by atoms with van der Waals surface area (Å²) < 4.78 is 0. The summed E-state index contributed by atoms with van der Waals surface area (Å²) in [6.45, 7) is 5.13. The molecule has 0 atom stereocenters. The lowest BCUT2D eigenvalue weighted by Gasteiger charge is -2.22. The van der Waals surface area contributed by atoms with Crippen LogP contribution in [-0.4, -0.2) is 38.3 Å². The van der Waals surface area contributed by atoms with E-state index in [4.69, 9.17) is 0 Å². The van der Waals surface area contributed by atoms with Gasteiger partial charge in [-0.3, -0.25) is 4.79 Å². The zero-order valence-corrected chi connectivity index (χ0v) is 8.59. The average molecular weight is 187 g/mol. The Labute approximate surface area is 73.8 Å². The maximum absolute atomic E-state index is 10.9. The Kier molecular flexibility index (Phi) is 4.57. The highest BCUT2D eigenvalue weighted by molar-refractivity contribution is 6.56. The molecule has 12 heavy (non-hydrogen) atoms. The summed E-state index contributed by atoms with van der Waals surface area (Å²) >= 11 is 0. The Balaban J connectivity index is 4.04. The minimum Gasteiger partial charge on any atom is -0.548 e. The summed E-state index contributed by atoms with van der Waals surface area (Å²) in [5.41, 5.74) is 0. The van der Waals surface area contributed by atoms with E-state index in [1.807, 2.05) is 13.1 Å². The van der Waals surface area contributed by atoms with Gasteiger partial charge in [0.2, 0.25) is 5.91 Å². The molecule has 0 fully saturated rings. The van der Waals surface area contributed by atoms with Gasteiger partial charge in [0.1, 0.15) is 0 Å². The van der Waals surface area contributed by atoms with Crippen LogP contribution in [0.15, 0.2) is 0 Å². The number of hydrogen-bond acceptors (Lipinski definition) is 3. The van der Waals surface area contributed by atoms with E-state index in [9.17, 15) is 14.7 Å². The van der Waals surface area contributed by atoms with Gasteiger partial charge in [-0.15, -0.1) is 0 Å². The second-order valence-electron chi connectivity index (χ2n) is 2.95. The lowest BCUT2D eigenvalue weighted by atomic mass is 10.5. The number of carbonyl (C=O) groups is 2. The van der Waals surface area contributed by atoms with E-state index >= 15 is 0 Å². The number of amides is 1. The summed E-state index contributed by atoms with van der Waals surface area (Å²) in [7, 11) is -0.609. The first-order chi connectivity index (χ1) is 5.43. The van der Waals surface area contributed by atoms with Crippen molar-refractivity contribution in [2.45, 2.75) is 20.0 Å². The Morgan fingerprint density at radius 3 is 2.17 bits per heavy atom. The van der Waals surface area contributed by atoms with Gasteiger partial charge in [0, 0.05) is 13.1 Å². The zero-order valence-electron chi connectivity index (χ0n) is 7.59. The third-order valence-corrected chi connectivity index (χ3v) is 2.29. The normalized spacial score (nSPS) is 10.0. The predicted octanol–water partition coefficient (Wildman–Crippen LogP) is -1.12. The molecule has 0 aliphatic heterocycles. The van der Waals surface area contributed by atoms with Gasteiger partial charge < -0.3 is 14.8 Å². The van der Waals surface area contributed by atoms with Crippen LogP contribution < -0.4 is 5.11 Å². The number of hydrogen-bond donors (Lipinski definition) is 0. The molecule has 0 heterocycles. The summed E-state index contributed by atoms with van der Waals surface area (Å²) in [4.78, 5) is 22.4. The summed E-state index contributed by atoms with van der Waals surface area (Å²) in [6, 6.07) is 0. The van der Waals surface area contributed by atoms with Crippen molar-refractivity contribution in [2.75, 3.05) is 12.7 Å². The van der Waals surface area contributed by atoms with Crippen LogP contribution in [-0.2, 0) is 9.59 Å². The Bertz CT molecular complexity index is 181. The third kappa shape index (κ3) is 4.89. The van der Waals surface area contributed by atoms with E-state index in [2.05, 4.69) is 0 Å². The quantitative estimate of drug-likeness (QED) is 0.524. The van der Waals surface area contributed by atoms with Gasteiger partial charge in [-0.25, -0.2) is 0 Å². The fourth-order valence-electron chi connectivity index (χ4n) is 0.816. The second kappa shape index (κ2) is 4.92. The first-order valence-corrected chi connectivity index (χ1v) is 6.38. The number of rotatable bonds is 4. The van der Waals surface area contributed by atoms with Gasteiger partial charge >= 0.3 is 0 Å². The van der Waals surface area contributed by atoms with Crippen LogP contribution in [0.1, 0.15) is 6.92 Å². The van der Waals surface area contributed by atoms with E-state index in [-0.39, 0.29) is 12.5 Å². The molecule has 0 saturated carbocycles. The maximum Gasteiger partial charge on any atom is 0.219 e. The highest BCUT2D eigenvalue weighted by Crippen LogP contribution is 1.91. The number of carbonyl (C=O) groups excluding carboxylic acids is 2. The largest absolute Gasteiger partial charge is 0.548 e. The van der Waals surface area contributed by atoms with E-state index in [1.54, 1.807) is 0 Å². The van der Waals surface area contributed by atoms with Crippen molar-refractivity contribution in [1.82, 2.24) is 4.90 Å². The van der Waals surface area contributed by atoms with Gasteiger partial charge in [0.15, 0.2) is 0 Å². The van der Waals surface area contributed by atoms with Crippen molar-refractivity contribution in [3.8, 4) is 0 Å². The molecular weight excluding hydrogens is 174 g/mol. The molecule has 0 spiro atoms. The first kappa shape index (κ1) is 11.2. The molecule has 69 valence electrons. The van der Waals surface area contributed by atoms with Crippen LogP contribution in [0.25, 0.3) is 0 Å². The summed E-state index contributed by atoms with van der Waals surface area (Å²) in [5.74, 6) is -1.40. The average Bonchev–Trinajstić information content (AvgIpc) is 1.83. The fourth-order valence-corrected chi connectivity index (χ4v) is 1.91. The molecule has 0 bridgehead atoms. The van der Waals surface area contributed by atoms with Crippen molar-refractivity contribution >= 4 is 20.7 Å². The number of nitrogens with zero attached hydrogens (tertiary/aromatic N) is 1. The van der Waals surface area contributed by atoms with E-state index in [1.165, 1.54) is 11.8 Å². The second-order valence-corrected chi connectivity index (χ2v) is 5.68. The smallest absolute Gasteiger partial charge is 0.219 e. The van der Waals surface area contributed by atoms with Crippen molar-refractivity contribution in [1.29, 1.82) is 0 Å². The number of aliphatic carboxylic acids is 1. The minimum atomic E-state index is -1.20. The summed E-state index contributed by atoms with van der Waals surface area (Å²) in [6.07, 6.45) is 0.563. The topological polar surface area (TPSA) is 60.4 Å². The van der Waals surface area contributed by atoms with Gasteiger partial charge in [0.25, 0.3) is 0 Å². The lowest BCUT2D eigenvalue weighted by Crippen LogP contribution is -2.43. The van der Waals surface area contributed by atoms with E-state index in [0.29, 0.717) is 6.17 Å². The monoisotopic (exact) mass is 187 g/mol. The highest BCUT2D eigenvalue weighted by atomic mass is 28.3. The predicted molar refractivity (Wildman–Crippen MR) is 44.7 cm³/mol. The third-order valence-electron chi connectivity index (χ3n) is 1.27. The van der Waals surface area contributed by atoms with Crippen molar-refractivity contribution in [3.05, 3.63) is 0 Å². The molecule has 0 rings (SSSR count). The molecule has 0 N–H and O–H groups in total. The van der Waals surface area contributed by atoms with Crippen LogP contribution >= 0.6 is 0 Å². The summed E-state index contributed by atoms with van der Waals surface area (Å²) in [5, 5.41) is 10.2. The van der Waals surface area contributed by atoms with Gasteiger partial charge in [0.05, 0.1) is 21.3 Å². The van der Waals surface area contributed by atoms with Crippen molar-refractivity contribution < 1.29 is 14.7 Å². The molecule has 1 amide bonds. The SMILES string of the molecule is CC(=O)N(CC(=O)[O-])C[Si](C)C. The van der Waals surface area contributed by atoms with Gasteiger partial charge in [-0.1, -0.05) is 13.1 Å². The van der Waals surface area contributed by atoms with E-state index < -0.39 is 14.8 Å².